The van der Waals surface area contributed by atoms with Crippen molar-refractivity contribution in [1.29, 1.82) is 0 Å². The number of halogens is 3. The van der Waals surface area contributed by atoms with E-state index in [1.807, 2.05) is 0 Å². The fourth-order valence-corrected chi connectivity index (χ4v) is 4.90. The summed E-state index contributed by atoms with van der Waals surface area (Å²) in [7, 11) is 1.43. The summed E-state index contributed by atoms with van der Waals surface area (Å²) in [6.07, 6.45) is 7.84. The molecule has 29 heavy (non-hydrogen) atoms. The maximum Gasteiger partial charge on any atom is 0.168 e. The van der Waals surface area contributed by atoms with Crippen molar-refractivity contribution in [2.45, 2.75) is 57.8 Å². The van der Waals surface area contributed by atoms with E-state index in [9.17, 15) is 8.78 Å². The minimum atomic E-state index is -0.774. The van der Waals surface area contributed by atoms with Crippen molar-refractivity contribution in [3.8, 4) is 5.75 Å². The van der Waals surface area contributed by atoms with Crippen molar-refractivity contribution >= 4 is 11.6 Å². The molecule has 4 rings (SSSR count). The summed E-state index contributed by atoms with van der Waals surface area (Å²) in [5.41, 5.74) is 2.77. The Balaban J connectivity index is 1.63. The van der Waals surface area contributed by atoms with Gasteiger partial charge in [-0.05, 0) is 78.7 Å². The average Bonchev–Trinajstić information content (AvgIpc) is 2.76. The molecule has 0 N–H and O–H groups in total. The van der Waals surface area contributed by atoms with Gasteiger partial charge in [0.1, 0.15) is 0 Å². The molecule has 0 radical (unpaired) electrons. The summed E-state index contributed by atoms with van der Waals surface area (Å²) in [4.78, 5) is 0. The van der Waals surface area contributed by atoms with Gasteiger partial charge in [0, 0.05) is 5.56 Å². The largest absolute Gasteiger partial charge is 0.494 e. The normalized spacial score (nSPS) is 21.5. The van der Waals surface area contributed by atoms with Crippen LogP contribution in [0, 0.1) is 23.4 Å². The lowest BCUT2D eigenvalue weighted by molar-refractivity contribution is 0.312. The van der Waals surface area contributed by atoms with Crippen molar-refractivity contribution in [3.63, 3.8) is 0 Å². The first kappa shape index (κ1) is 20.1. The van der Waals surface area contributed by atoms with Crippen LogP contribution in [-0.4, -0.2) is 7.11 Å². The van der Waals surface area contributed by atoms with Gasteiger partial charge in [-0.2, -0.15) is 0 Å². The highest BCUT2D eigenvalue weighted by Crippen LogP contribution is 2.41. The number of benzene rings is 2. The Hall–Kier alpha value is -2.23. The lowest BCUT2D eigenvalue weighted by Crippen LogP contribution is -2.15. The van der Waals surface area contributed by atoms with Gasteiger partial charge in [0.2, 0.25) is 0 Å². The first-order chi connectivity index (χ1) is 14.0. The minimum Gasteiger partial charge on any atom is -0.494 e. The topological polar surface area (TPSA) is 9.23 Å². The van der Waals surface area contributed by atoms with E-state index in [0.29, 0.717) is 41.0 Å². The predicted octanol–water partition coefficient (Wildman–Crippen LogP) is 7.28. The van der Waals surface area contributed by atoms with Gasteiger partial charge in [-0.3, -0.25) is 0 Å². The second-order valence-electron chi connectivity index (χ2n) is 8.28. The Bertz CT molecular complexity index is 940. The molecular formula is C25H27F3O. The zero-order valence-electron chi connectivity index (χ0n) is 17.0. The molecule has 0 saturated heterocycles. The van der Waals surface area contributed by atoms with Crippen LogP contribution in [0.25, 0.3) is 11.6 Å². The van der Waals surface area contributed by atoms with Crippen LogP contribution in [0.15, 0.2) is 24.3 Å². The molecule has 1 fully saturated rings. The van der Waals surface area contributed by atoms with Gasteiger partial charge in [-0.15, -0.1) is 0 Å². The lowest BCUT2D eigenvalue weighted by Gasteiger charge is -2.28. The Morgan fingerprint density at radius 2 is 1.66 bits per heavy atom. The standard InChI is InChI=1S/C25H27F3O/c1-3-15-4-6-16(7-5-15)19-11-12-21(25(28)24(19)27)17-8-10-20-18(14-17)9-13-22(29-2)23(20)26/h9,11-16H,3-8,10H2,1-2H3. The van der Waals surface area contributed by atoms with E-state index in [4.69, 9.17) is 4.74 Å². The Morgan fingerprint density at radius 3 is 2.34 bits per heavy atom. The molecule has 0 aliphatic heterocycles. The smallest absolute Gasteiger partial charge is 0.168 e. The summed E-state index contributed by atoms with van der Waals surface area (Å²) in [5.74, 6) is -0.835. The SMILES string of the molecule is CCC1CCC(c2ccc(C3=Cc4ccc(OC)c(F)c4CC3)c(F)c2F)CC1. The third-order valence-corrected chi connectivity index (χ3v) is 6.76. The maximum absolute atomic E-state index is 15.0. The van der Waals surface area contributed by atoms with Gasteiger partial charge in [-0.25, -0.2) is 13.2 Å². The van der Waals surface area contributed by atoms with Gasteiger partial charge >= 0.3 is 0 Å². The first-order valence-corrected chi connectivity index (χ1v) is 10.6. The summed E-state index contributed by atoms with van der Waals surface area (Å²) in [6.45, 7) is 2.19. The Kier molecular flexibility index (Phi) is 5.71. The highest BCUT2D eigenvalue weighted by Gasteiger charge is 2.27. The molecule has 0 spiro atoms. The summed E-state index contributed by atoms with van der Waals surface area (Å²) < 4.78 is 49.5. The summed E-state index contributed by atoms with van der Waals surface area (Å²) in [5, 5.41) is 0. The van der Waals surface area contributed by atoms with Crippen LogP contribution < -0.4 is 4.74 Å². The van der Waals surface area contributed by atoms with Crippen LogP contribution in [0.3, 0.4) is 0 Å². The molecule has 1 nitrogen and oxygen atoms in total. The molecule has 2 aromatic rings. The van der Waals surface area contributed by atoms with Crippen LogP contribution in [0.2, 0.25) is 0 Å². The molecule has 1 saturated carbocycles. The third-order valence-electron chi connectivity index (χ3n) is 6.76. The molecule has 154 valence electrons. The second kappa shape index (κ2) is 8.25. The maximum atomic E-state index is 15.0. The van der Waals surface area contributed by atoms with Crippen LogP contribution in [0.4, 0.5) is 13.2 Å². The first-order valence-electron chi connectivity index (χ1n) is 10.6. The molecule has 0 aromatic heterocycles. The van der Waals surface area contributed by atoms with Crippen molar-refractivity contribution < 1.29 is 17.9 Å². The Morgan fingerprint density at radius 1 is 0.897 bits per heavy atom. The average molecular weight is 400 g/mol. The monoisotopic (exact) mass is 400 g/mol. The molecule has 0 unspecified atom stereocenters. The molecule has 0 amide bonds. The van der Waals surface area contributed by atoms with E-state index in [1.54, 1.807) is 30.3 Å². The summed E-state index contributed by atoms with van der Waals surface area (Å²) >= 11 is 0. The van der Waals surface area contributed by atoms with Crippen molar-refractivity contribution in [2.75, 3.05) is 7.11 Å². The minimum absolute atomic E-state index is 0.101. The zero-order chi connectivity index (χ0) is 20.5. The van der Waals surface area contributed by atoms with Gasteiger partial charge in [-0.1, -0.05) is 37.6 Å². The van der Waals surface area contributed by atoms with Crippen LogP contribution >= 0.6 is 0 Å². The third kappa shape index (κ3) is 3.70. The van der Waals surface area contributed by atoms with Gasteiger partial charge in [0.15, 0.2) is 23.2 Å². The number of hydrogen-bond donors (Lipinski definition) is 0. The number of ether oxygens (including phenoxy) is 1. The molecule has 2 aliphatic rings. The fraction of sp³-hybridized carbons (Fsp3) is 0.440. The van der Waals surface area contributed by atoms with Crippen LogP contribution in [-0.2, 0) is 6.42 Å². The molecule has 0 atom stereocenters. The Labute approximate surface area is 170 Å². The van der Waals surface area contributed by atoms with E-state index in [-0.39, 0.29) is 23.0 Å². The van der Waals surface area contributed by atoms with Gasteiger partial charge in [0.05, 0.1) is 7.11 Å². The van der Waals surface area contributed by atoms with Gasteiger partial charge in [0.25, 0.3) is 0 Å². The number of allylic oxidation sites excluding steroid dienone is 1. The lowest BCUT2D eigenvalue weighted by atomic mass is 9.77. The molecule has 0 bridgehead atoms. The van der Waals surface area contributed by atoms with E-state index in [1.165, 1.54) is 7.11 Å². The van der Waals surface area contributed by atoms with Crippen molar-refractivity contribution in [1.82, 2.24) is 0 Å². The molecule has 4 heteroatoms. The zero-order valence-corrected chi connectivity index (χ0v) is 17.0. The van der Waals surface area contributed by atoms with Crippen LogP contribution in [0.5, 0.6) is 5.75 Å². The van der Waals surface area contributed by atoms with E-state index in [2.05, 4.69) is 6.92 Å². The number of fused-ring (bicyclic) bond motifs is 1. The molecular weight excluding hydrogens is 373 g/mol. The van der Waals surface area contributed by atoms with Crippen molar-refractivity contribution in [3.05, 3.63) is 64.0 Å². The second-order valence-corrected chi connectivity index (χ2v) is 8.28. The van der Waals surface area contributed by atoms with E-state index in [0.717, 1.165) is 32.1 Å². The predicted molar refractivity (Wildman–Crippen MR) is 110 cm³/mol. The summed E-state index contributed by atoms with van der Waals surface area (Å²) in [6, 6.07) is 6.80. The number of hydrogen-bond acceptors (Lipinski definition) is 1. The highest BCUT2D eigenvalue weighted by molar-refractivity contribution is 5.85. The molecule has 2 aromatic carbocycles. The molecule has 2 aliphatic carbocycles. The van der Waals surface area contributed by atoms with E-state index < -0.39 is 11.6 Å². The highest BCUT2D eigenvalue weighted by atomic mass is 19.2. The molecule has 0 heterocycles. The van der Waals surface area contributed by atoms with Gasteiger partial charge < -0.3 is 4.74 Å². The number of rotatable bonds is 4. The quantitative estimate of drug-likeness (QED) is 0.524. The fourth-order valence-electron chi connectivity index (χ4n) is 4.90. The number of methoxy groups -OCH3 is 1. The van der Waals surface area contributed by atoms with Crippen LogP contribution in [0.1, 0.15) is 73.6 Å². The van der Waals surface area contributed by atoms with E-state index >= 15 is 4.39 Å². The van der Waals surface area contributed by atoms with Crippen molar-refractivity contribution in [2.24, 2.45) is 5.92 Å².